The Morgan fingerprint density at radius 1 is 1.53 bits per heavy atom. The molecule has 0 aliphatic heterocycles. The third-order valence-corrected chi connectivity index (χ3v) is 2.38. The van der Waals surface area contributed by atoms with Gasteiger partial charge in [-0.1, -0.05) is 0 Å². The van der Waals surface area contributed by atoms with Crippen molar-refractivity contribution in [2.45, 2.75) is 19.4 Å². The zero-order valence-corrected chi connectivity index (χ0v) is 10.9. The minimum absolute atomic E-state index is 0.0486. The SMILES string of the molecule is CC(CC(N)=O)Nc1nc(Cl)nc(-n2ccnc2)n1. The van der Waals surface area contributed by atoms with E-state index in [0.29, 0.717) is 5.95 Å². The van der Waals surface area contributed by atoms with Crippen LogP contribution in [0.1, 0.15) is 13.3 Å². The van der Waals surface area contributed by atoms with Crippen molar-refractivity contribution < 1.29 is 4.79 Å². The Kier molecular flexibility index (Phi) is 3.91. The van der Waals surface area contributed by atoms with E-state index < -0.39 is 5.91 Å². The van der Waals surface area contributed by atoms with Gasteiger partial charge in [-0.2, -0.15) is 15.0 Å². The predicted octanol–water partition coefficient (Wildman–Crippen LogP) is 0.386. The van der Waals surface area contributed by atoms with E-state index >= 15 is 0 Å². The normalized spacial score (nSPS) is 12.1. The summed E-state index contributed by atoms with van der Waals surface area (Å²) in [5.41, 5.74) is 5.11. The van der Waals surface area contributed by atoms with Crippen molar-refractivity contribution in [3.63, 3.8) is 0 Å². The van der Waals surface area contributed by atoms with Gasteiger partial charge in [0, 0.05) is 24.9 Å². The fourth-order valence-corrected chi connectivity index (χ4v) is 1.63. The van der Waals surface area contributed by atoms with E-state index in [-0.39, 0.29) is 23.7 Å². The molecule has 2 aromatic rings. The van der Waals surface area contributed by atoms with Crippen molar-refractivity contribution in [3.05, 3.63) is 24.0 Å². The largest absolute Gasteiger partial charge is 0.370 e. The maximum absolute atomic E-state index is 10.8. The van der Waals surface area contributed by atoms with Crippen LogP contribution in [0.25, 0.3) is 5.95 Å². The molecule has 0 spiro atoms. The van der Waals surface area contributed by atoms with Gasteiger partial charge in [0.2, 0.25) is 23.1 Å². The zero-order chi connectivity index (χ0) is 13.8. The Hall–Kier alpha value is -2.22. The number of nitrogens with two attached hydrogens (primary N) is 1. The van der Waals surface area contributed by atoms with Crippen LogP contribution < -0.4 is 11.1 Å². The van der Waals surface area contributed by atoms with Crippen LogP contribution in [0.4, 0.5) is 5.95 Å². The number of imidazole rings is 1. The Balaban J connectivity index is 2.20. The van der Waals surface area contributed by atoms with Crippen molar-refractivity contribution in [1.29, 1.82) is 0 Å². The van der Waals surface area contributed by atoms with Gasteiger partial charge in [0.05, 0.1) is 0 Å². The highest BCUT2D eigenvalue weighted by molar-refractivity contribution is 6.28. The van der Waals surface area contributed by atoms with Gasteiger partial charge < -0.3 is 11.1 Å². The molecule has 1 unspecified atom stereocenters. The summed E-state index contributed by atoms with van der Waals surface area (Å²) in [6, 6.07) is -0.202. The molecule has 0 bridgehead atoms. The molecule has 2 heterocycles. The minimum atomic E-state index is -0.407. The van der Waals surface area contributed by atoms with E-state index in [2.05, 4.69) is 25.3 Å². The molecule has 0 saturated carbocycles. The third-order valence-electron chi connectivity index (χ3n) is 2.21. The van der Waals surface area contributed by atoms with Crippen LogP contribution in [0.2, 0.25) is 5.28 Å². The molecule has 0 aliphatic carbocycles. The number of amides is 1. The number of hydrogen-bond acceptors (Lipinski definition) is 6. The molecule has 100 valence electrons. The van der Waals surface area contributed by atoms with Gasteiger partial charge in [0.15, 0.2) is 0 Å². The van der Waals surface area contributed by atoms with Crippen LogP contribution in [0.5, 0.6) is 0 Å². The number of aromatic nitrogens is 5. The summed E-state index contributed by atoms with van der Waals surface area (Å²) in [4.78, 5) is 26.8. The average Bonchev–Trinajstić information content (AvgIpc) is 2.79. The van der Waals surface area contributed by atoms with Crippen molar-refractivity contribution in [2.24, 2.45) is 5.73 Å². The minimum Gasteiger partial charge on any atom is -0.370 e. The molecule has 0 aliphatic rings. The Morgan fingerprint density at radius 3 is 2.95 bits per heavy atom. The number of anilines is 1. The first-order chi connectivity index (χ1) is 9.04. The van der Waals surface area contributed by atoms with Crippen LogP contribution >= 0.6 is 11.6 Å². The lowest BCUT2D eigenvalue weighted by atomic mass is 10.2. The second-order valence-electron chi connectivity index (χ2n) is 3.91. The topological polar surface area (TPSA) is 112 Å². The smallest absolute Gasteiger partial charge is 0.241 e. The number of hydrogen-bond donors (Lipinski definition) is 2. The fourth-order valence-electron chi connectivity index (χ4n) is 1.47. The Bertz CT molecular complexity index is 571. The van der Waals surface area contributed by atoms with Gasteiger partial charge in [-0.3, -0.25) is 9.36 Å². The van der Waals surface area contributed by atoms with Gasteiger partial charge in [0.25, 0.3) is 0 Å². The van der Waals surface area contributed by atoms with E-state index in [1.54, 1.807) is 30.2 Å². The highest BCUT2D eigenvalue weighted by Gasteiger charge is 2.11. The third kappa shape index (κ3) is 3.62. The molecule has 0 aromatic carbocycles. The Morgan fingerprint density at radius 2 is 2.32 bits per heavy atom. The summed E-state index contributed by atoms with van der Waals surface area (Å²) in [6.07, 6.45) is 4.99. The second-order valence-corrected chi connectivity index (χ2v) is 4.25. The number of primary amides is 1. The summed E-state index contributed by atoms with van der Waals surface area (Å²) in [5, 5.41) is 2.98. The lowest BCUT2D eigenvalue weighted by Crippen LogP contribution is -2.25. The standard InChI is InChI=1S/C10H12ClN7O/c1-6(4-7(12)19)14-9-15-8(11)16-10(17-9)18-3-2-13-5-18/h2-3,5-6H,4H2,1H3,(H2,12,19)(H,14,15,16,17). The van der Waals surface area contributed by atoms with Crippen LogP contribution in [-0.2, 0) is 4.79 Å². The van der Waals surface area contributed by atoms with Gasteiger partial charge in [-0.05, 0) is 18.5 Å². The fraction of sp³-hybridized carbons (Fsp3) is 0.300. The molecule has 0 saturated heterocycles. The van der Waals surface area contributed by atoms with E-state index in [1.165, 1.54) is 0 Å². The van der Waals surface area contributed by atoms with E-state index in [0.717, 1.165) is 0 Å². The van der Waals surface area contributed by atoms with Gasteiger partial charge in [-0.25, -0.2) is 4.98 Å². The summed E-state index contributed by atoms with van der Waals surface area (Å²) in [6.45, 7) is 1.79. The van der Waals surface area contributed by atoms with Crippen molar-refractivity contribution in [1.82, 2.24) is 24.5 Å². The number of halogens is 1. The van der Waals surface area contributed by atoms with E-state index in [4.69, 9.17) is 17.3 Å². The molecule has 0 radical (unpaired) electrons. The molecule has 1 atom stereocenters. The highest BCUT2D eigenvalue weighted by Crippen LogP contribution is 2.10. The van der Waals surface area contributed by atoms with Gasteiger partial charge in [0.1, 0.15) is 6.33 Å². The molecular weight excluding hydrogens is 270 g/mol. The second kappa shape index (κ2) is 5.61. The maximum atomic E-state index is 10.8. The molecule has 1 amide bonds. The van der Waals surface area contributed by atoms with Crippen molar-refractivity contribution in [3.8, 4) is 5.95 Å². The van der Waals surface area contributed by atoms with Crippen LogP contribution in [-0.4, -0.2) is 36.5 Å². The van der Waals surface area contributed by atoms with Crippen LogP contribution in [0, 0.1) is 0 Å². The summed E-state index contributed by atoms with van der Waals surface area (Å²) in [7, 11) is 0. The average molecular weight is 282 g/mol. The predicted molar refractivity (Wildman–Crippen MR) is 68.9 cm³/mol. The molecular formula is C10H12ClN7O. The molecule has 2 rings (SSSR count). The molecule has 9 heteroatoms. The highest BCUT2D eigenvalue weighted by atomic mass is 35.5. The first kappa shape index (κ1) is 13.2. The number of carbonyl (C=O) groups excluding carboxylic acids is 1. The number of carbonyl (C=O) groups is 1. The van der Waals surface area contributed by atoms with E-state index in [1.807, 2.05) is 0 Å². The Labute approximate surface area is 114 Å². The molecule has 2 aromatic heterocycles. The van der Waals surface area contributed by atoms with Gasteiger partial charge >= 0.3 is 0 Å². The van der Waals surface area contributed by atoms with Crippen molar-refractivity contribution in [2.75, 3.05) is 5.32 Å². The number of nitrogens with one attached hydrogen (secondary N) is 1. The first-order valence-electron chi connectivity index (χ1n) is 5.49. The summed E-state index contributed by atoms with van der Waals surface area (Å²) >= 11 is 5.83. The monoisotopic (exact) mass is 281 g/mol. The molecule has 3 N–H and O–H groups in total. The van der Waals surface area contributed by atoms with Crippen LogP contribution in [0.15, 0.2) is 18.7 Å². The maximum Gasteiger partial charge on any atom is 0.241 e. The summed E-state index contributed by atoms with van der Waals surface area (Å²) < 4.78 is 1.59. The molecule has 8 nitrogen and oxygen atoms in total. The lowest BCUT2D eigenvalue weighted by Gasteiger charge is -2.12. The quantitative estimate of drug-likeness (QED) is 0.820. The first-order valence-corrected chi connectivity index (χ1v) is 5.87. The zero-order valence-electron chi connectivity index (χ0n) is 10.1. The number of nitrogens with zero attached hydrogens (tertiary/aromatic N) is 5. The molecule has 0 fully saturated rings. The van der Waals surface area contributed by atoms with Gasteiger partial charge in [-0.15, -0.1) is 0 Å². The van der Waals surface area contributed by atoms with E-state index in [9.17, 15) is 4.79 Å². The lowest BCUT2D eigenvalue weighted by molar-refractivity contribution is -0.118. The number of rotatable bonds is 5. The molecule has 19 heavy (non-hydrogen) atoms. The van der Waals surface area contributed by atoms with Crippen molar-refractivity contribution >= 4 is 23.5 Å². The van der Waals surface area contributed by atoms with Crippen LogP contribution in [0.3, 0.4) is 0 Å². The summed E-state index contributed by atoms with van der Waals surface area (Å²) in [5.74, 6) is 0.207.